The minimum absolute atomic E-state index is 0.0641. The van der Waals surface area contributed by atoms with E-state index in [0.717, 1.165) is 22.6 Å². The third-order valence-corrected chi connectivity index (χ3v) is 8.41. The van der Waals surface area contributed by atoms with Crippen LogP contribution in [0.4, 0.5) is 0 Å². The first-order valence-electron chi connectivity index (χ1n) is 7.98. The molecule has 4 rings (SSSR count). The molecule has 3 aromatic rings. The van der Waals surface area contributed by atoms with Gasteiger partial charge >= 0.3 is 0 Å². The molecule has 1 aliphatic rings. The monoisotopic (exact) mass is 395 g/mol. The number of piperidine rings is 1. The number of aryl methyl sites for hydroxylation is 1. The maximum Gasteiger partial charge on any atom is 0.257 e. The van der Waals surface area contributed by atoms with Gasteiger partial charge in [0.05, 0.1) is 10.8 Å². The Morgan fingerprint density at radius 3 is 2.88 bits per heavy atom. The second-order valence-electron chi connectivity index (χ2n) is 5.99. The molecule has 0 aliphatic carbocycles. The lowest BCUT2D eigenvalue weighted by atomic mass is 10.00. The summed E-state index contributed by atoms with van der Waals surface area (Å²) >= 11 is 2.85. The highest BCUT2D eigenvalue weighted by Gasteiger charge is 2.34. The van der Waals surface area contributed by atoms with Crippen LogP contribution in [0.2, 0.25) is 0 Å². The highest BCUT2D eigenvalue weighted by molar-refractivity contribution is 7.91. The fourth-order valence-corrected chi connectivity index (χ4v) is 6.55. The third kappa shape index (κ3) is 3.29. The predicted molar refractivity (Wildman–Crippen MR) is 97.4 cm³/mol. The number of aromatic nitrogens is 2. The van der Waals surface area contributed by atoms with Crippen LogP contribution in [0.5, 0.6) is 0 Å². The lowest BCUT2D eigenvalue weighted by Crippen LogP contribution is -2.38. The average molecular weight is 396 g/mol. The molecule has 1 saturated heterocycles. The minimum atomic E-state index is -3.45. The molecule has 1 atom stereocenters. The van der Waals surface area contributed by atoms with Gasteiger partial charge in [0.15, 0.2) is 0 Å². The van der Waals surface area contributed by atoms with Gasteiger partial charge in [0, 0.05) is 18.0 Å². The minimum Gasteiger partial charge on any atom is -0.420 e. The molecular weight excluding hydrogens is 378 g/mol. The van der Waals surface area contributed by atoms with Gasteiger partial charge in [-0.3, -0.25) is 0 Å². The number of sulfonamides is 1. The van der Waals surface area contributed by atoms with Gasteiger partial charge < -0.3 is 4.42 Å². The van der Waals surface area contributed by atoms with Crippen LogP contribution in [0.1, 0.15) is 29.5 Å². The van der Waals surface area contributed by atoms with Crippen molar-refractivity contribution in [2.75, 3.05) is 13.1 Å². The van der Waals surface area contributed by atoms with Crippen molar-refractivity contribution in [1.29, 1.82) is 0 Å². The second kappa shape index (κ2) is 6.64. The molecule has 0 saturated carbocycles. The highest BCUT2D eigenvalue weighted by atomic mass is 32.2. The topological polar surface area (TPSA) is 76.3 Å². The normalized spacial score (nSPS) is 19.3. The molecule has 6 nitrogen and oxygen atoms in total. The van der Waals surface area contributed by atoms with E-state index in [9.17, 15) is 8.42 Å². The first kappa shape index (κ1) is 16.9. The van der Waals surface area contributed by atoms with Crippen molar-refractivity contribution in [2.45, 2.75) is 29.9 Å². The summed E-state index contributed by atoms with van der Waals surface area (Å²) in [5, 5.41) is 10.2. The number of rotatable bonds is 4. The van der Waals surface area contributed by atoms with E-state index in [0.29, 0.717) is 29.1 Å². The molecule has 0 unspecified atom stereocenters. The van der Waals surface area contributed by atoms with E-state index >= 15 is 0 Å². The SMILES string of the molecule is Cc1ccc(S(=O)(=O)N2CCC[C@H](c3nnc(-c4cccs4)o3)C2)s1. The predicted octanol–water partition coefficient (Wildman–Crippen LogP) is 3.74. The Hall–Kier alpha value is -1.55. The first-order chi connectivity index (χ1) is 12.0. The van der Waals surface area contributed by atoms with E-state index in [-0.39, 0.29) is 5.92 Å². The number of hydrogen-bond acceptors (Lipinski definition) is 7. The largest absolute Gasteiger partial charge is 0.420 e. The van der Waals surface area contributed by atoms with Crippen molar-refractivity contribution in [3.63, 3.8) is 0 Å². The molecule has 25 heavy (non-hydrogen) atoms. The van der Waals surface area contributed by atoms with Gasteiger partial charge in [0.2, 0.25) is 5.89 Å². The van der Waals surface area contributed by atoms with Crippen LogP contribution in [-0.4, -0.2) is 36.0 Å². The molecule has 1 aliphatic heterocycles. The van der Waals surface area contributed by atoms with Gasteiger partial charge in [0.25, 0.3) is 15.9 Å². The van der Waals surface area contributed by atoms with Gasteiger partial charge in [-0.1, -0.05) is 6.07 Å². The molecular formula is C16H17N3O3S3. The molecule has 0 amide bonds. The summed E-state index contributed by atoms with van der Waals surface area (Å²) < 4.78 is 33.4. The van der Waals surface area contributed by atoms with E-state index in [1.165, 1.54) is 22.7 Å². The van der Waals surface area contributed by atoms with Gasteiger partial charge in [-0.15, -0.1) is 32.9 Å². The summed E-state index contributed by atoms with van der Waals surface area (Å²) in [6.45, 7) is 2.82. The summed E-state index contributed by atoms with van der Waals surface area (Å²) in [6, 6.07) is 7.38. The summed E-state index contributed by atoms with van der Waals surface area (Å²) in [5.74, 6) is 0.954. The second-order valence-corrected chi connectivity index (χ2v) is 10.4. The Bertz CT molecular complexity index is 960. The van der Waals surface area contributed by atoms with Crippen molar-refractivity contribution in [2.24, 2.45) is 0 Å². The van der Waals surface area contributed by atoms with E-state index in [1.54, 1.807) is 10.4 Å². The number of nitrogens with zero attached hydrogens (tertiary/aromatic N) is 3. The molecule has 0 aromatic carbocycles. The van der Waals surface area contributed by atoms with Crippen molar-refractivity contribution in [3.05, 3.63) is 40.4 Å². The Morgan fingerprint density at radius 2 is 2.16 bits per heavy atom. The number of thiophene rings is 2. The maximum absolute atomic E-state index is 12.8. The molecule has 0 spiro atoms. The van der Waals surface area contributed by atoms with E-state index in [1.807, 2.05) is 30.5 Å². The smallest absolute Gasteiger partial charge is 0.257 e. The van der Waals surface area contributed by atoms with Crippen LogP contribution in [0, 0.1) is 6.92 Å². The lowest BCUT2D eigenvalue weighted by molar-refractivity contribution is 0.286. The zero-order valence-corrected chi connectivity index (χ0v) is 16.0. The standard InChI is InChI=1S/C16H17N3O3S3/c1-11-6-7-14(24-11)25(20,21)19-8-2-4-12(10-19)15-17-18-16(22-15)13-5-3-9-23-13/h3,5-7,9,12H,2,4,8,10H2,1H3/t12-/m0/s1. The first-order valence-corrected chi connectivity index (χ1v) is 11.1. The summed E-state index contributed by atoms with van der Waals surface area (Å²) in [4.78, 5) is 1.91. The van der Waals surface area contributed by atoms with Crippen molar-refractivity contribution >= 4 is 32.7 Å². The van der Waals surface area contributed by atoms with E-state index in [4.69, 9.17) is 4.42 Å². The average Bonchev–Trinajstić information content (AvgIpc) is 3.35. The van der Waals surface area contributed by atoms with Crippen molar-refractivity contribution < 1.29 is 12.8 Å². The zero-order chi connectivity index (χ0) is 17.4. The van der Waals surface area contributed by atoms with Crippen LogP contribution >= 0.6 is 22.7 Å². The maximum atomic E-state index is 12.8. The van der Waals surface area contributed by atoms with Gasteiger partial charge in [-0.25, -0.2) is 8.42 Å². The van der Waals surface area contributed by atoms with E-state index in [2.05, 4.69) is 10.2 Å². The van der Waals surface area contributed by atoms with Crippen LogP contribution < -0.4 is 0 Å². The molecule has 1 fully saturated rings. The van der Waals surface area contributed by atoms with Gasteiger partial charge in [-0.05, 0) is 43.3 Å². The van der Waals surface area contributed by atoms with Crippen molar-refractivity contribution in [1.82, 2.24) is 14.5 Å². The molecule has 132 valence electrons. The Morgan fingerprint density at radius 1 is 1.28 bits per heavy atom. The molecule has 4 heterocycles. The molecule has 9 heteroatoms. The van der Waals surface area contributed by atoms with Gasteiger partial charge in [0.1, 0.15) is 4.21 Å². The molecule has 0 N–H and O–H groups in total. The van der Waals surface area contributed by atoms with Crippen LogP contribution in [0.25, 0.3) is 10.8 Å². The third-order valence-electron chi connectivity index (χ3n) is 4.22. The fraction of sp³-hybridized carbons (Fsp3) is 0.375. The molecule has 0 bridgehead atoms. The molecule has 3 aromatic heterocycles. The number of hydrogen-bond donors (Lipinski definition) is 0. The highest BCUT2D eigenvalue weighted by Crippen LogP contribution is 2.33. The van der Waals surface area contributed by atoms with Gasteiger partial charge in [-0.2, -0.15) is 4.31 Å². The quantitative estimate of drug-likeness (QED) is 0.673. The summed E-state index contributed by atoms with van der Waals surface area (Å²) in [5.41, 5.74) is 0. The van der Waals surface area contributed by atoms with Crippen molar-refractivity contribution in [3.8, 4) is 10.8 Å². The molecule has 0 radical (unpaired) electrons. The van der Waals surface area contributed by atoms with Crippen LogP contribution in [-0.2, 0) is 10.0 Å². The Kier molecular flexibility index (Phi) is 4.48. The Labute approximate surface area is 154 Å². The van der Waals surface area contributed by atoms with Crippen LogP contribution in [0.3, 0.4) is 0 Å². The zero-order valence-electron chi connectivity index (χ0n) is 13.6. The Balaban J connectivity index is 1.55. The summed E-state index contributed by atoms with van der Waals surface area (Å²) in [6.07, 6.45) is 1.63. The van der Waals surface area contributed by atoms with Crippen LogP contribution in [0.15, 0.2) is 38.3 Å². The fourth-order valence-electron chi connectivity index (χ4n) is 2.94. The summed E-state index contributed by atoms with van der Waals surface area (Å²) in [7, 11) is -3.45. The van der Waals surface area contributed by atoms with E-state index < -0.39 is 10.0 Å². The lowest BCUT2D eigenvalue weighted by Gasteiger charge is -2.29.